The van der Waals surface area contributed by atoms with Crippen molar-refractivity contribution in [2.24, 2.45) is 11.8 Å². The molecule has 0 aliphatic carbocycles. The van der Waals surface area contributed by atoms with E-state index < -0.39 is 0 Å². The smallest absolute Gasteiger partial charge is 0.324 e. The number of imide groups is 1. The summed E-state index contributed by atoms with van der Waals surface area (Å²) in [7, 11) is 0. The predicted molar refractivity (Wildman–Crippen MR) is 82.1 cm³/mol. The molecular weight excluding hydrogens is 290 g/mol. The summed E-state index contributed by atoms with van der Waals surface area (Å²) < 4.78 is 0. The average molecular weight is 310 g/mol. The lowest BCUT2D eigenvalue weighted by atomic mass is 9.85. The van der Waals surface area contributed by atoms with Gasteiger partial charge in [-0.1, -0.05) is 30.3 Å². The van der Waals surface area contributed by atoms with Crippen molar-refractivity contribution < 1.29 is 9.59 Å². The van der Waals surface area contributed by atoms with E-state index in [4.69, 9.17) is 0 Å². The first-order chi connectivity index (χ1) is 9.74. The summed E-state index contributed by atoms with van der Waals surface area (Å²) in [5, 5.41) is 6.09. The molecular formula is C15H20ClN3O2. The maximum Gasteiger partial charge on any atom is 0.324 e. The van der Waals surface area contributed by atoms with Crippen LogP contribution in [0.2, 0.25) is 0 Å². The Balaban J connectivity index is 0.00000161. The van der Waals surface area contributed by atoms with E-state index in [2.05, 4.69) is 10.6 Å². The van der Waals surface area contributed by atoms with Crippen LogP contribution in [0.3, 0.4) is 0 Å². The molecule has 2 unspecified atom stereocenters. The first kappa shape index (κ1) is 15.8. The van der Waals surface area contributed by atoms with Crippen LogP contribution in [-0.4, -0.2) is 36.5 Å². The van der Waals surface area contributed by atoms with E-state index in [1.54, 1.807) is 0 Å². The van der Waals surface area contributed by atoms with E-state index in [1.807, 2.05) is 30.3 Å². The van der Waals surface area contributed by atoms with Gasteiger partial charge in [-0.15, -0.1) is 12.4 Å². The maximum atomic E-state index is 12.2. The van der Waals surface area contributed by atoms with Gasteiger partial charge in [0, 0.05) is 19.6 Å². The molecule has 2 bridgehead atoms. The lowest BCUT2D eigenvalue weighted by Crippen LogP contribution is -2.58. The molecule has 2 fully saturated rings. The summed E-state index contributed by atoms with van der Waals surface area (Å²) in [4.78, 5) is 25.8. The number of halogens is 1. The van der Waals surface area contributed by atoms with Gasteiger partial charge in [0.1, 0.15) is 0 Å². The van der Waals surface area contributed by atoms with Crippen LogP contribution in [0.5, 0.6) is 0 Å². The monoisotopic (exact) mass is 309 g/mol. The van der Waals surface area contributed by atoms with E-state index in [0.29, 0.717) is 25.6 Å². The SMILES string of the molecule is Cl.O=C(NCc1ccccc1)N1CC2CNCC(C2)C1=O. The molecule has 2 aliphatic rings. The van der Waals surface area contributed by atoms with E-state index in [9.17, 15) is 9.59 Å². The quantitative estimate of drug-likeness (QED) is 0.868. The molecule has 0 saturated carbocycles. The average Bonchev–Trinajstić information content (AvgIpc) is 2.50. The fraction of sp³-hybridized carbons (Fsp3) is 0.467. The number of hydrogen-bond donors (Lipinski definition) is 2. The predicted octanol–water partition coefficient (Wildman–Crippen LogP) is 1.39. The highest BCUT2D eigenvalue weighted by molar-refractivity contribution is 5.96. The van der Waals surface area contributed by atoms with Gasteiger partial charge >= 0.3 is 6.03 Å². The third-order valence-electron chi connectivity index (χ3n) is 4.03. The van der Waals surface area contributed by atoms with Crippen LogP contribution in [0, 0.1) is 11.8 Å². The number of amides is 3. The summed E-state index contributed by atoms with van der Waals surface area (Å²) in [5.74, 6) is 0.318. The van der Waals surface area contributed by atoms with Gasteiger partial charge in [-0.05, 0) is 24.4 Å². The maximum absolute atomic E-state index is 12.2. The normalized spacial score (nSPS) is 24.2. The van der Waals surface area contributed by atoms with Gasteiger partial charge in [0.25, 0.3) is 0 Å². The minimum atomic E-state index is -0.268. The molecule has 1 aromatic carbocycles. The van der Waals surface area contributed by atoms with Gasteiger partial charge in [-0.3, -0.25) is 9.69 Å². The van der Waals surface area contributed by atoms with Crippen molar-refractivity contribution in [3.63, 3.8) is 0 Å². The van der Waals surface area contributed by atoms with E-state index >= 15 is 0 Å². The second-order valence-electron chi connectivity index (χ2n) is 5.55. The number of urea groups is 1. The largest absolute Gasteiger partial charge is 0.334 e. The summed E-state index contributed by atoms with van der Waals surface area (Å²) in [6, 6.07) is 9.45. The molecule has 3 amide bonds. The number of benzene rings is 1. The Kier molecular flexibility index (Phi) is 5.20. The van der Waals surface area contributed by atoms with Crippen molar-refractivity contribution in [3.8, 4) is 0 Å². The van der Waals surface area contributed by atoms with Crippen molar-refractivity contribution >= 4 is 24.3 Å². The van der Waals surface area contributed by atoms with Gasteiger partial charge in [-0.2, -0.15) is 0 Å². The third-order valence-corrected chi connectivity index (χ3v) is 4.03. The number of likely N-dealkylation sites (tertiary alicyclic amines) is 1. The summed E-state index contributed by atoms with van der Waals surface area (Å²) in [6.45, 7) is 2.57. The molecule has 21 heavy (non-hydrogen) atoms. The minimum Gasteiger partial charge on any atom is -0.334 e. The first-order valence-corrected chi connectivity index (χ1v) is 7.08. The standard InChI is InChI=1S/C15H19N3O2.ClH/c19-14-13-6-12(7-16-9-13)10-18(14)15(20)17-8-11-4-2-1-3-5-11;/h1-5,12-13,16H,6-10H2,(H,17,20);1H. The highest BCUT2D eigenvalue weighted by atomic mass is 35.5. The van der Waals surface area contributed by atoms with E-state index in [0.717, 1.165) is 18.5 Å². The lowest BCUT2D eigenvalue weighted by molar-refractivity contribution is -0.137. The zero-order chi connectivity index (χ0) is 13.9. The molecule has 3 rings (SSSR count). The topological polar surface area (TPSA) is 61.4 Å². The summed E-state index contributed by atoms with van der Waals surface area (Å²) in [5.41, 5.74) is 1.03. The molecule has 2 heterocycles. The van der Waals surface area contributed by atoms with Gasteiger partial charge in [0.15, 0.2) is 0 Å². The zero-order valence-electron chi connectivity index (χ0n) is 11.7. The van der Waals surface area contributed by atoms with Crippen molar-refractivity contribution in [3.05, 3.63) is 35.9 Å². The number of nitrogens with zero attached hydrogens (tertiary/aromatic N) is 1. The van der Waals surface area contributed by atoms with Crippen LogP contribution in [0.1, 0.15) is 12.0 Å². The molecule has 2 aliphatic heterocycles. The Bertz CT molecular complexity index is 509. The highest BCUT2D eigenvalue weighted by Crippen LogP contribution is 2.25. The van der Waals surface area contributed by atoms with Crippen LogP contribution in [0.15, 0.2) is 30.3 Å². The van der Waals surface area contributed by atoms with E-state index in [1.165, 1.54) is 4.90 Å². The molecule has 2 atom stereocenters. The lowest BCUT2D eigenvalue weighted by Gasteiger charge is -2.39. The fourth-order valence-electron chi connectivity index (χ4n) is 2.98. The van der Waals surface area contributed by atoms with Gasteiger partial charge < -0.3 is 10.6 Å². The summed E-state index contributed by atoms with van der Waals surface area (Å²) >= 11 is 0. The zero-order valence-corrected chi connectivity index (χ0v) is 12.6. The number of fused-ring (bicyclic) bond motifs is 2. The number of hydrogen-bond acceptors (Lipinski definition) is 3. The second kappa shape index (κ2) is 6.91. The Morgan fingerprint density at radius 3 is 2.81 bits per heavy atom. The molecule has 0 aromatic heterocycles. The van der Waals surface area contributed by atoms with E-state index in [-0.39, 0.29) is 30.3 Å². The molecule has 5 nitrogen and oxygen atoms in total. The van der Waals surface area contributed by atoms with Crippen LogP contribution in [-0.2, 0) is 11.3 Å². The molecule has 2 saturated heterocycles. The number of carbonyl (C=O) groups is 2. The number of nitrogens with one attached hydrogen (secondary N) is 2. The van der Waals surface area contributed by atoms with Crippen molar-refractivity contribution in [2.45, 2.75) is 13.0 Å². The van der Waals surface area contributed by atoms with Gasteiger partial charge in [-0.25, -0.2) is 4.79 Å². The number of carbonyl (C=O) groups excluding carboxylic acids is 2. The highest BCUT2D eigenvalue weighted by Gasteiger charge is 2.39. The molecule has 0 spiro atoms. The Morgan fingerprint density at radius 2 is 2.05 bits per heavy atom. The Hall–Kier alpha value is -1.59. The van der Waals surface area contributed by atoms with Crippen LogP contribution >= 0.6 is 12.4 Å². The third kappa shape index (κ3) is 3.54. The molecule has 0 radical (unpaired) electrons. The molecule has 2 N–H and O–H groups in total. The van der Waals surface area contributed by atoms with Crippen molar-refractivity contribution in [2.75, 3.05) is 19.6 Å². The van der Waals surface area contributed by atoms with Crippen LogP contribution < -0.4 is 10.6 Å². The number of rotatable bonds is 2. The summed E-state index contributed by atoms with van der Waals surface area (Å²) in [6.07, 6.45) is 0.911. The van der Waals surface area contributed by atoms with Gasteiger partial charge in [0.05, 0.1) is 5.92 Å². The minimum absolute atomic E-state index is 0. The fourth-order valence-corrected chi connectivity index (χ4v) is 2.98. The molecule has 6 heteroatoms. The molecule has 1 aromatic rings. The van der Waals surface area contributed by atoms with Gasteiger partial charge in [0.2, 0.25) is 5.91 Å². The Morgan fingerprint density at radius 1 is 1.29 bits per heavy atom. The van der Waals surface area contributed by atoms with Crippen molar-refractivity contribution in [1.82, 2.24) is 15.5 Å². The second-order valence-corrected chi connectivity index (χ2v) is 5.55. The first-order valence-electron chi connectivity index (χ1n) is 7.08. The van der Waals surface area contributed by atoms with Crippen molar-refractivity contribution in [1.29, 1.82) is 0 Å². The van der Waals surface area contributed by atoms with Crippen LogP contribution in [0.4, 0.5) is 4.79 Å². The molecule has 114 valence electrons. The van der Waals surface area contributed by atoms with Crippen LogP contribution in [0.25, 0.3) is 0 Å². The number of piperidine rings is 2. The Labute approximate surface area is 130 Å².